The fourth-order valence-corrected chi connectivity index (χ4v) is 1.88. The molecule has 2 rings (SSSR count). The van der Waals surface area contributed by atoms with E-state index in [9.17, 15) is 13.6 Å². The van der Waals surface area contributed by atoms with Crippen molar-refractivity contribution in [3.05, 3.63) is 58.9 Å². The lowest BCUT2D eigenvalue weighted by molar-refractivity contribution is -0.0498. The van der Waals surface area contributed by atoms with Crippen molar-refractivity contribution in [2.24, 2.45) is 0 Å². The summed E-state index contributed by atoms with van der Waals surface area (Å²) < 4.78 is 28.3. The van der Waals surface area contributed by atoms with Gasteiger partial charge in [0, 0.05) is 12.7 Å². The van der Waals surface area contributed by atoms with Crippen LogP contribution in [0.15, 0.2) is 42.6 Å². The van der Waals surface area contributed by atoms with Gasteiger partial charge in [0.05, 0.1) is 5.56 Å². The summed E-state index contributed by atoms with van der Waals surface area (Å²) in [7, 11) is 0. The molecule has 116 valence electrons. The number of benzene rings is 1. The number of rotatable bonds is 6. The number of amides is 1. The number of nitrogens with one attached hydrogen (secondary N) is 1. The molecule has 1 aromatic heterocycles. The number of pyridine rings is 1. The molecule has 2 aromatic rings. The third kappa shape index (κ3) is 4.96. The van der Waals surface area contributed by atoms with Crippen LogP contribution in [0, 0.1) is 0 Å². The minimum Gasteiger partial charge on any atom is -0.435 e. The van der Waals surface area contributed by atoms with Gasteiger partial charge in [-0.2, -0.15) is 8.78 Å². The minimum absolute atomic E-state index is 0.107. The smallest absolute Gasteiger partial charge is 0.387 e. The van der Waals surface area contributed by atoms with Gasteiger partial charge in [0.1, 0.15) is 10.9 Å². The van der Waals surface area contributed by atoms with E-state index in [1.807, 2.05) is 0 Å². The van der Waals surface area contributed by atoms with Crippen molar-refractivity contribution >= 4 is 17.5 Å². The Bertz CT molecular complexity index is 618. The predicted octanol–water partition coefficient (Wildman–Crippen LogP) is 3.31. The second-order valence-electron chi connectivity index (χ2n) is 4.40. The van der Waals surface area contributed by atoms with Crippen molar-refractivity contribution in [1.29, 1.82) is 0 Å². The molecule has 1 N–H and O–H groups in total. The molecule has 4 nitrogen and oxygen atoms in total. The Morgan fingerprint density at radius 3 is 2.55 bits per heavy atom. The monoisotopic (exact) mass is 326 g/mol. The molecular weight excluding hydrogens is 314 g/mol. The van der Waals surface area contributed by atoms with E-state index in [1.54, 1.807) is 18.2 Å². The Kier molecular flexibility index (Phi) is 5.66. The van der Waals surface area contributed by atoms with Crippen molar-refractivity contribution in [3.63, 3.8) is 0 Å². The van der Waals surface area contributed by atoms with Crippen LogP contribution < -0.4 is 10.1 Å². The number of hydrogen-bond donors (Lipinski definition) is 1. The number of carbonyl (C=O) groups is 1. The largest absolute Gasteiger partial charge is 0.435 e. The Balaban J connectivity index is 1.80. The quantitative estimate of drug-likeness (QED) is 0.829. The van der Waals surface area contributed by atoms with E-state index in [2.05, 4.69) is 15.0 Å². The first-order valence-electron chi connectivity index (χ1n) is 6.48. The summed E-state index contributed by atoms with van der Waals surface area (Å²) >= 11 is 5.64. The molecule has 0 aliphatic carbocycles. The molecule has 7 heteroatoms. The fourth-order valence-electron chi connectivity index (χ4n) is 1.77. The molecule has 22 heavy (non-hydrogen) atoms. The molecule has 1 heterocycles. The van der Waals surface area contributed by atoms with Gasteiger partial charge in [-0.1, -0.05) is 23.7 Å². The van der Waals surface area contributed by atoms with E-state index in [1.165, 1.54) is 24.4 Å². The van der Waals surface area contributed by atoms with Crippen LogP contribution in [-0.4, -0.2) is 24.0 Å². The molecule has 0 unspecified atom stereocenters. The van der Waals surface area contributed by atoms with Gasteiger partial charge in [0.2, 0.25) is 0 Å². The molecule has 0 aliphatic rings. The number of aromatic nitrogens is 1. The van der Waals surface area contributed by atoms with Gasteiger partial charge in [-0.25, -0.2) is 4.98 Å². The highest BCUT2D eigenvalue weighted by molar-refractivity contribution is 6.29. The molecular formula is C15H13ClF2N2O2. The van der Waals surface area contributed by atoms with E-state index >= 15 is 0 Å². The first-order valence-corrected chi connectivity index (χ1v) is 6.86. The van der Waals surface area contributed by atoms with Crippen LogP contribution >= 0.6 is 11.6 Å². The first-order chi connectivity index (χ1) is 10.5. The maximum absolute atomic E-state index is 12.0. The van der Waals surface area contributed by atoms with Crippen molar-refractivity contribution in [2.45, 2.75) is 13.0 Å². The Labute approximate surface area is 131 Å². The Hall–Kier alpha value is -2.21. The van der Waals surface area contributed by atoms with Crippen LogP contribution in [-0.2, 0) is 6.42 Å². The minimum atomic E-state index is -2.84. The standard InChI is InChI=1S/C15H13ClF2N2O2/c16-13-6-3-11(9-20-13)14(21)19-8-7-10-1-4-12(5-2-10)22-15(17)18/h1-6,9,15H,7-8H2,(H,19,21). The van der Waals surface area contributed by atoms with E-state index in [4.69, 9.17) is 11.6 Å². The lowest BCUT2D eigenvalue weighted by atomic mass is 10.1. The van der Waals surface area contributed by atoms with Gasteiger partial charge < -0.3 is 10.1 Å². The number of alkyl halides is 2. The second-order valence-corrected chi connectivity index (χ2v) is 4.79. The highest BCUT2D eigenvalue weighted by atomic mass is 35.5. The average Bonchev–Trinajstić information content (AvgIpc) is 2.49. The highest BCUT2D eigenvalue weighted by Crippen LogP contribution is 2.15. The topological polar surface area (TPSA) is 51.2 Å². The number of nitrogens with zero attached hydrogens (tertiary/aromatic N) is 1. The summed E-state index contributed by atoms with van der Waals surface area (Å²) in [6, 6.07) is 9.40. The number of halogens is 3. The highest BCUT2D eigenvalue weighted by Gasteiger charge is 2.06. The summed E-state index contributed by atoms with van der Waals surface area (Å²) in [5, 5.41) is 3.06. The van der Waals surface area contributed by atoms with Crippen LogP contribution in [0.2, 0.25) is 5.15 Å². The van der Waals surface area contributed by atoms with Gasteiger partial charge in [0.25, 0.3) is 5.91 Å². The van der Waals surface area contributed by atoms with E-state index < -0.39 is 6.61 Å². The van der Waals surface area contributed by atoms with Gasteiger partial charge in [-0.3, -0.25) is 4.79 Å². The normalized spacial score (nSPS) is 10.5. The van der Waals surface area contributed by atoms with Crippen LogP contribution in [0.25, 0.3) is 0 Å². The van der Waals surface area contributed by atoms with Gasteiger partial charge >= 0.3 is 6.61 Å². The molecule has 0 aliphatic heterocycles. The first kappa shape index (κ1) is 16.2. The fraction of sp³-hybridized carbons (Fsp3) is 0.200. The molecule has 0 fully saturated rings. The van der Waals surface area contributed by atoms with Crippen LogP contribution in [0.1, 0.15) is 15.9 Å². The number of hydrogen-bond acceptors (Lipinski definition) is 3. The Morgan fingerprint density at radius 2 is 1.95 bits per heavy atom. The van der Waals surface area contributed by atoms with E-state index in [0.29, 0.717) is 23.7 Å². The molecule has 0 bridgehead atoms. The summed E-state index contributed by atoms with van der Waals surface area (Å²) in [6.07, 6.45) is 1.97. The van der Waals surface area contributed by atoms with Crippen molar-refractivity contribution < 1.29 is 18.3 Å². The van der Waals surface area contributed by atoms with E-state index in [0.717, 1.165) is 5.56 Å². The van der Waals surface area contributed by atoms with Crippen molar-refractivity contribution in [2.75, 3.05) is 6.54 Å². The lowest BCUT2D eigenvalue weighted by Crippen LogP contribution is -2.25. The van der Waals surface area contributed by atoms with Gasteiger partial charge in [0.15, 0.2) is 0 Å². The zero-order valence-electron chi connectivity index (χ0n) is 11.4. The van der Waals surface area contributed by atoms with Gasteiger partial charge in [-0.05, 0) is 36.2 Å². The third-order valence-corrected chi connectivity index (χ3v) is 3.06. The van der Waals surface area contributed by atoms with Crippen molar-refractivity contribution in [1.82, 2.24) is 10.3 Å². The molecule has 0 saturated carbocycles. The Morgan fingerprint density at radius 1 is 1.23 bits per heavy atom. The summed E-state index contributed by atoms with van der Waals surface area (Å²) in [5.41, 5.74) is 1.32. The number of ether oxygens (including phenoxy) is 1. The molecule has 1 amide bonds. The average molecular weight is 327 g/mol. The lowest BCUT2D eigenvalue weighted by Gasteiger charge is -2.07. The molecule has 0 radical (unpaired) electrons. The predicted molar refractivity (Wildman–Crippen MR) is 78.4 cm³/mol. The maximum Gasteiger partial charge on any atom is 0.387 e. The maximum atomic E-state index is 12.0. The van der Waals surface area contributed by atoms with Crippen LogP contribution in [0.3, 0.4) is 0 Å². The molecule has 0 saturated heterocycles. The summed E-state index contributed by atoms with van der Waals surface area (Å²) in [6.45, 7) is -2.42. The second kappa shape index (κ2) is 7.70. The summed E-state index contributed by atoms with van der Waals surface area (Å²) in [4.78, 5) is 15.7. The van der Waals surface area contributed by atoms with Gasteiger partial charge in [-0.15, -0.1) is 0 Å². The zero-order valence-corrected chi connectivity index (χ0v) is 12.2. The van der Waals surface area contributed by atoms with Crippen LogP contribution in [0.5, 0.6) is 5.75 Å². The van der Waals surface area contributed by atoms with E-state index in [-0.39, 0.29) is 11.7 Å². The van der Waals surface area contributed by atoms with Crippen molar-refractivity contribution in [3.8, 4) is 5.75 Å². The van der Waals surface area contributed by atoms with Crippen LogP contribution in [0.4, 0.5) is 8.78 Å². The summed E-state index contributed by atoms with van der Waals surface area (Å²) in [5.74, 6) is -0.142. The molecule has 1 aromatic carbocycles. The third-order valence-electron chi connectivity index (χ3n) is 2.84. The zero-order chi connectivity index (χ0) is 15.9. The number of carbonyl (C=O) groups excluding carboxylic acids is 1. The molecule has 0 atom stereocenters. The molecule has 0 spiro atoms. The SMILES string of the molecule is O=C(NCCc1ccc(OC(F)F)cc1)c1ccc(Cl)nc1.